The molecule has 0 radical (unpaired) electrons. The minimum absolute atomic E-state index is 0.0359. The standard InChI is InChI=1S/C16H23N3O2/c1-12-5-3-6-14(11-12)16(21)19-8-4-7-18(9-10-19)15(20)13(2)17/h3,5-6,11,13H,4,7-10,17H2,1-2H3/t13-/m0/s1. The second-order valence-electron chi connectivity index (χ2n) is 5.63. The Morgan fingerprint density at radius 1 is 1.14 bits per heavy atom. The van der Waals surface area contributed by atoms with E-state index < -0.39 is 6.04 Å². The van der Waals surface area contributed by atoms with Gasteiger partial charge in [-0.2, -0.15) is 0 Å². The van der Waals surface area contributed by atoms with Gasteiger partial charge in [-0.05, 0) is 32.4 Å². The Hall–Kier alpha value is -1.88. The Bertz CT molecular complexity index is 528. The highest BCUT2D eigenvalue weighted by Gasteiger charge is 2.24. The Balaban J connectivity index is 2.03. The van der Waals surface area contributed by atoms with E-state index in [0.29, 0.717) is 31.7 Å². The molecule has 0 aromatic heterocycles. The highest BCUT2D eigenvalue weighted by Crippen LogP contribution is 2.11. The van der Waals surface area contributed by atoms with Gasteiger partial charge in [-0.15, -0.1) is 0 Å². The van der Waals surface area contributed by atoms with Crippen LogP contribution in [0.1, 0.15) is 29.3 Å². The second kappa shape index (κ2) is 6.72. The number of carbonyl (C=O) groups excluding carboxylic acids is 2. The first-order chi connectivity index (χ1) is 9.99. The number of hydrogen-bond donors (Lipinski definition) is 1. The number of nitrogens with zero attached hydrogens (tertiary/aromatic N) is 2. The quantitative estimate of drug-likeness (QED) is 0.884. The fourth-order valence-electron chi connectivity index (χ4n) is 2.59. The molecule has 1 aliphatic rings. The van der Waals surface area contributed by atoms with E-state index in [1.807, 2.05) is 36.1 Å². The van der Waals surface area contributed by atoms with Gasteiger partial charge in [0.2, 0.25) is 5.91 Å². The first-order valence-corrected chi connectivity index (χ1v) is 7.39. The van der Waals surface area contributed by atoms with E-state index in [2.05, 4.69) is 0 Å². The summed E-state index contributed by atoms with van der Waals surface area (Å²) in [4.78, 5) is 28.0. The number of amides is 2. The number of nitrogens with two attached hydrogens (primary N) is 1. The maximum atomic E-state index is 12.5. The number of aryl methyl sites for hydroxylation is 1. The van der Waals surface area contributed by atoms with Crippen molar-refractivity contribution in [3.63, 3.8) is 0 Å². The lowest BCUT2D eigenvalue weighted by Crippen LogP contribution is -2.44. The summed E-state index contributed by atoms with van der Waals surface area (Å²) in [6.07, 6.45) is 0.788. The molecule has 0 saturated carbocycles. The fraction of sp³-hybridized carbons (Fsp3) is 0.500. The summed E-state index contributed by atoms with van der Waals surface area (Å²) >= 11 is 0. The van der Waals surface area contributed by atoms with E-state index in [-0.39, 0.29) is 11.8 Å². The van der Waals surface area contributed by atoms with Crippen molar-refractivity contribution in [2.24, 2.45) is 5.73 Å². The lowest BCUT2D eigenvalue weighted by molar-refractivity contribution is -0.132. The topological polar surface area (TPSA) is 66.6 Å². The zero-order valence-corrected chi connectivity index (χ0v) is 12.7. The number of hydrogen-bond acceptors (Lipinski definition) is 3. The van der Waals surface area contributed by atoms with Crippen LogP contribution in [-0.4, -0.2) is 53.8 Å². The summed E-state index contributed by atoms with van der Waals surface area (Å²) < 4.78 is 0. The Morgan fingerprint density at radius 2 is 1.81 bits per heavy atom. The number of carbonyl (C=O) groups is 2. The molecule has 0 spiro atoms. The average Bonchev–Trinajstić information content (AvgIpc) is 2.71. The minimum atomic E-state index is -0.482. The minimum Gasteiger partial charge on any atom is -0.340 e. The summed E-state index contributed by atoms with van der Waals surface area (Å²) in [6.45, 7) is 6.13. The van der Waals surface area contributed by atoms with Crippen molar-refractivity contribution in [1.29, 1.82) is 0 Å². The molecule has 1 aromatic carbocycles. The second-order valence-corrected chi connectivity index (χ2v) is 5.63. The molecule has 1 heterocycles. The molecular formula is C16H23N3O2. The summed E-state index contributed by atoms with van der Waals surface area (Å²) in [5.41, 5.74) is 7.43. The molecule has 2 amide bonds. The zero-order chi connectivity index (χ0) is 15.4. The molecule has 5 nitrogen and oxygen atoms in total. The third-order valence-electron chi connectivity index (χ3n) is 3.75. The highest BCUT2D eigenvalue weighted by atomic mass is 16.2. The van der Waals surface area contributed by atoms with E-state index >= 15 is 0 Å². The normalized spacial score (nSPS) is 17.3. The van der Waals surface area contributed by atoms with E-state index in [1.54, 1.807) is 11.8 Å². The molecule has 1 atom stereocenters. The molecule has 5 heteroatoms. The van der Waals surface area contributed by atoms with Gasteiger partial charge in [0, 0.05) is 31.7 Å². The third kappa shape index (κ3) is 3.82. The summed E-state index contributed by atoms with van der Waals surface area (Å²) in [7, 11) is 0. The number of benzene rings is 1. The van der Waals surface area contributed by atoms with Crippen LogP contribution in [0, 0.1) is 6.92 Å². The van der Waals surface area contributed by atoms with E-state index in [1.165, 1.54) is 0 Å². The first kappa shape index (κ1) is 15.5. The summed E-state index contributed by atoms with van der Waals surface area (Å²) in [5.74, 6) is -0.00588. The van der Waals surface area contributed by atoms with Crippen molar-refractivity contribution in [2.45, 2.75) is 26.3 Å². The van der Waals surface area contributed by atoms with Gasteiger partial charge in [-0.25, -0.2) is 0 Å². The van der Waals surface area contributed by atoms with Gasteiger partial charge in [-0.3, -0.25) is 9.59 Å². The molecule has 0 bridgehead atoms. The number of rotatable bonds is 2. The van der Waals surface area contributed by atoms with Crippen LogP contribution >= 0.6 is 0 Å². The van der Waals surface area contributed by atoms with Crippen LogP contribution < -0.4 is 5.73 Å². The summed E-state index contributed by atoms with van der Waals surface area (Å²) in [5, 5.41) is 0. The summed E-state index contributed by atoms with van der Waals surface area (Å²) in [6, 6.07) is 7.13. The van der Waals surface area contributed by atoms with Crippen LogP contribution in [0.15, 0.2) is 24.3 Å². The van der Waals surface area contributed by atoms with Crippen LogP contribution in [0.2, 0.25) is 0 Å². The largest absolute Gasteiger partial charge is 0.340 e. The Labute approximate surface area is 125 Å². The van der Waals surface area contributed by atoms with Gasteiger partial charge in [0.1, 0.15) is 0 Å². The van der Waals surface area contributed by atoms with Gasteiger partial charge >= 0.3 is 0 Å². The smallest absolute Gasteiger partial charge is 0.253 e. The highest BCUT2D eigenvalue weighted by molar-refractivity contribution is 5.94. The van der Waals surface area contributed by atoms with Gasteiger partial charge in [0.15, 0.2) is 0 Å². The molecule has 1 aliphatic heterocycles. The lowest BCUT2D eigenvalue weighted by atomic mass is 10.1. The predicted molar refractivity (Wildman–Crippen MR) is 81.9 cm³/mol. The van der Waals surface area contributed by atoms with E-state index in [4.69, 9.17) is 5.73 Å². The van der Waals surface area contributed by atoms with Crippen LogP contribution in [0.25, 0.3) is 0 Å². The van der Waals surface area contributed by atoms with Crippen LogP contribution in [-0.2, 0) is 4.79 Å². The van der Waals surface area contributed by atoms with Gasteiger partial charge < -0.3 is 15.5 Å². The molecule has 1 saturated heterocycles. The van der Waals surface area contributed by atoms with Crippen molar-refractivity contribution in [3.8, 4) is 0 Å². The fourth-order valence-corrected chi connectivity index (χ4v) is 2.59. The van der Waals surface area contributed by atoms with Crippen molar-refractivity contribution in [3.05, 3.63) is 35.4 Å². The van der Waals surface area contributed by atoms with Crippen LogP contribution in [0.4, 0.5) is 0 Å². The van der Waals surface area contributed by atoms with Crippen molar-refractivity contribution in [2.75, 3.05) is 26.2 Å². The molecule has 114 valence electrons. The van der Waals surface area contributed by atoms with Crippen molar-refractivity contribution < 1.29 is 9.59 Å². The van der Waals surface area contributed by atoms with Crippen molar-refractivity contribution >= 4 is 11.8 Å². The molecule has 21 heavy (non-hydrogen) atoms. The molecule has 0 unspecified atom stereocenters. The molecule has 1 aromatic rings. The predicted octanol–water partition coefficient (Wildman–Crippen LogP) is 1.02. The first-order valence-electron chi connectivity index (χ1n) is 7.39. The Morgan fingerprint density at radius 3 is 2.48 bits per heavy atom. The Kier molecular flexibility index (Phi) is 4.96. The average molecular weight is 289 g/mol. The molecule has 2 N–H and O–H groups in total. The van der Waals surface area contributed by atoms with Crippen LogP contribution in [0.5, 0.6) is 0 Å². The van der Waals surface area contributed by atoms with Crippen LogP contribution in [0.3, 0.4) is 0 Å². The molecule has 1 fully saturated rings. The van der Waals surface area contributed by atoms with Gasteiger partial charge in [0.05, 0.1) is 6.04 Å². The SMILES string of the molecule is Cc1cccc(C(=O)N2CCCN(C(=O)[C@H](C)N)CC2)c1. The maximum absolute atomic E-state index is 12.5. The van der Waals surface area contributed by atoms with Crippen molar-refractivity contribution in [1.82, 2.24) is 9.80 Å². The van der Waals surface area contributed by atoms with E-state index in [9.17, 15) is 9.59 Å². The molecular weight excluding hydrogens is 266 g/mol. The lowest BCUT2D eigenvalue weighted by Gasteiger charge is -2.23. The third-order valence-corrected chi connectivity index (χ3v) is 3.75. The maximum Gasteiger partial charge on any atom is 0.253 e. The monoisotopic (exact) mass is 289 g/mol. The molecule has 0 aliphatic carbocycles. The molecule has 2 rings (SSSR count). The van der Waals surface area contributed by atoms with E-state index in [0.717, 1.165) is 12.0 Å². The van der Waals surface area contributed by atoms with Gasteiger partial charge in [0.25, 0.3) is 5.91 Å². The van der Waals surface area contributed by atoms with Gasteiger partial charge in [-0.1, -0.05) is 17.7 Å². The zero-order valence-electron chi connectivity index (χ0n) is 12.7.